The van der Waals surface area contributed by atoms with Gasteiger partial charge >= 0.3 is 0 Å². The third-order valence-corrected chi connectivity index (χ3v) is 4.95. The van der Waals surface area contributed by atoms with E-state index in [0.717, 1.165) is 37.5 Å². The van der Waals surface area contributed by atoms with Crippen molar-refractivity contribution < 1.29 is 5.11 Å². The Morgan fingerprint density at radius 3 is 3.00 bits per heavy atom. The van der Waals surface area contributed by atoms with Gasteiger partial charge in [-0.05, 0) is 19.3 Å². The number of likely N-dealkylation sites (tertiary alicyclic amines) is 1. The molecule has 2 N–H and O–H groups in total. The van der Waals surface area contributed by atoms with E-state index in [9.17, 15) is 5.11 Å². The molecule has 1 saturated heterocycles. The Morgan fingerprint density at radius 1 is 1.38 bits per heavy atom. The molecule has 1 fully saturated rings. The van der Waals surface area contributed by atoms with Crippen molar-refractivity contribution in [2.75, 3.05) is 19.6 Å². The lowest BCUT2D eigenvalue weighted by atomic mass is 9.97. The highest BCUT2D eigenvalue weighted by Gasteiger charge is 2.31. The van der Waals surface area contributed by atoms with E-state index < -0.39 is 0 Å². The van der Waals surface area contributed by atoms with Crippen LogP contribution in [0.25, 0.3) is 0 Å². The van der Waals surface area contributed by atoms with Gasteiger partial charge in [0, 0.05) is 43.1 Å². The second-order valence-corrected chi connectivity index (χ2v) is 5.80. The Kier molecular flexibility index (Phi) is 2.75. The second-order valence-electron chi connectivity index (χ2n) is 4.74. The molecule has 0 aromatic carbocycles. The Hall–Kier alpha value is -0.770. The summed E-state index contributed by atoms with van der Waals surface area (Å²) in [5, 5.41) is 14.6. The molecule has 0 spiro atoms. The summed E-state index contributed by atoms with van der Waals surface area (Å²) in [4.78, 5) is 3.75. The van der Waals surface area contributed by atoms with E-state index in [1.165, 1.54) is 17.7 Å². The second kappa shape index (κ2) is 4.24. The van der Waals surface area contributed by atoms with Crippen LogP contribution < -0.4 is 5.32 Å². The van der Waals surface area contributed by atoms with Crippen molar-refractivity contribution in [3.63, 3.8) is 0 Å². The number of fused-ring (bicyclic) bond motifs is 1. The van der Waals surface area contributed by atoms with E-state index in [-0.39, 0.29) is 0 Å². The first-order valence-corrected chi connectivity index (χ1v) is 6.94. The van der Waals surface area contributed by atoms with Gasteiger partial charge in [-0.2, -0.15) is 0 Å². The molecule has 0 aliphatic carbocycles. The monoisotopic (exact) mass is 238 g/mol. The molecule has 3 nitrogen and oxygen atoms in total. The van der Waals surface area contributed by atoms with Gasteiger partial charge in [0.2, 0.25) is 0 Å². The quantitative estimate of drug-likeness (QED) is 0.735. The number of nitrogens with one attached hydrogen (secondary N) is 1. The normalized spacial score (nSPS) is 29.9. The zero-order valence-corrected chi connectivity index (χ0v) is 10.2. The zero-order valence-electron chi connectivity index (χ0n) is 9.41. The highest BCUT2D eigenvalue weighted by atomic mass is 32.2. The summed E-state index contributed by atoms with van der Waals surface area (Å²) in [7, 11) is 0. The van der Waals surface area contributed by atoms with Crippen LogP contribution in [0.5, 0.6) is 0 Å². The van der Waals surface area contributed by atoms with E-state index >= 15 is 0 Å². The number of rotatable bonds is 1. The first kappa shape index (κ1) is 10.4. The fourth-order valence-corrected chi connectivity index (χ4v) is 3.91. The highest BCUT2D eigenvalue weighted by molar-refractivity contribution is 8.06. The molecule has 3 rings (SSSR count). The van der Waals surface area contributed by atoms with Crippen molar-refractivity contribution in [3.8, 4) is 0 Å². The van der Waals surface area contributed by atoms with Crippen LogP contribution in [0.2, 0.25) is 0 Å². The van der Waals surface area contributed by atoms with E-state index in [1.807, 2.05) is 0 Å². The highest BCUT2D eigenvalue weighted by Crippen LogP contribution is 2.45. The van der Waals surface area contributed by atoms with Gasteiger partial charge in [-0.25, -0.2) is 0 Å². The average Bonchev–Trinajstić information content (AvgIpc) is 2.81. The molecule has 0 aromatic heterocycles. The Balaban J connectivity index is 1.82. The van der Waals surface area contributed by atoms with Crippen LogP contribution in [0.3, 0.4) is 0 Å². The molecule has 3 aliphatic heterocycles. The Morgan fingerprint density at radius 2 is 2.19 bits per heavy atom. The maximum atomic E-state index is 10.1. The molecule has 0 bridgehead atoms. The number of hydrogen-bond acceptors (Lipinski definition) is 4. The molecule has 4 heteroatoms. The SMILES string of the molecule is OC1=C(N2CCCC2)SC2=CNCCC2C1. The summed E-state index contributed by atoms with van der Waals surface area (Å²) >= 11 is 1.77. The van der Waals surface area contributed by atoms with Gasteiger partial charge in [-0.3, -0.25) is 0 Å². The molecular weight excluding hydrogens is 220 g/mol. The molecule has 88 valence electrons. The van der Waals surface area contributed by atoms with Crippen LogP contribution in [-0.4, -0.2) is 29.6 Å². The van der Waals surface area contributed by atoms with Crippen LogP contribution in [0.4, 0.5) is 0 Å². The van der Waals surface area contributed by atoms with Crippen LogP contribution in [0, 0.1) is 5.92 Å². The maximum Gasteiger partial charge on any atom is 0.123 e. The van der Waals surface area contributed by atoms with Crippen molar-refractivity contribution in [1.29, 1.82) is 0 Å². The van der Waals surface area contributed by atoms with Crippen molar-refractivity contribution in [3.05, 3.63) is 21.9 Å². The molecule has 1 unspecified atom stereocenters. The van der Waals surface area contributed by atoms with Crippen LogP contribution in [0.15, 0.2) is 21.9 Å². The number of aliphatic hydroxyl groups excluding tert-OH is 1. The first-order chi connectivity index (χ1) is 7.84. The van der Waals surface area contributed by atoms with Gasteiger partial charge in [0.05, 0.1) is 0 Å². The summed E-state index contributed by atoms with van der Waals surface area (Å²) in [6, 6.07) is 0. The average molecular weight is 238 g/mol. The van der Waals surface area contributed by atoms with Gasteiger partial charge in [-0.1, -0.05) is 11.8 Å². The topological polar surface area (TPSA) is 35.5 Å². The van der Waals surface area contributed by atoms with Crippen LogP contribution in [-0.2, 0) is 0 Å². The molecule has 1 atom stereocenters. The standard InChI is InChI=1S/C12H18N2OS/c15-10-7-9-3-4-13-8-11(9)16-12(10)14-5-1-2-6-14/h8-9,13,15H,1-7H2. The van der Waals surface area contributed by atoms with Gasteiger partial charge in [0.1, 0.15) is 10.8 Å². The number of thioether (sulfide) groups is 1. The van der Waals surface area contributed by atoms with Crippen molar-refractivity contribution in [2.45, 2.75) is 25.7 Å². The molecule has 3 aliphatic rings. The van der Waals surface area contributed by atoms with Crippen molar-refractivity contribution in [2.24, 2.45) is 5.92 Å². The van der Waals surface area contributed by atoms with Crippen molar-refractivity contribution >= 4 is 11.8 Å². The van der Waals surface area contributed by atoms with E-state index in [4.69, 9.17) is 0 Å². The number of aliphatic hydroxyl groups is 1. The third-order valence-electron chi connectivity index (χ3n) is 3.58. The van der Waals surface area contributed by atoms with Gasteiger partial charge in [0.25, 0.3) is 0 Å². The van der Waals surface area contributed by atoms with Crippen molar-refractivity contribution in [1.82, 2.24) is 10.2 Å². The molecule has 0 radical (unpaired) electrons. The summed E-state index contributed by atoms with van der Waals surface area (Å²) in [5.74, 6) is 1.17. The minimum atomic E-state index is 0.553. The molecule has 3 heterocycles. The summed E-state index contributed by atoms with van der Waals surface area (Å²) in [5.41, 5.74) is 0. The summed E-state index contributed by atoms with van der Waals surface area (Å²) < 4.78 is 0. The van der Waals surface area contributed by atoms with E-state index in [2.05, 4.69) is 16.4 Å². The number of nitrogens with zero attached hydrogens (tertiary/aromatic N) is 1. The number of hydrogen-bond donors (Lipinski definition) is 2. The van der Waals surface area contributed by atoms with Crippen LogP contribution in [0.1, 0.15) is 25.7 Å². The molecular formula is C12H18N2OS. The van der Waals surface area contributed by atoms with Gasteiger partial charge < -0.3 is 15.3 Å². The minimum absolute atomic E-state index is 0.553. The largest absolute Gasteiger partial charge is 0.510 e. The smallest absolute Gasteiger partial charge is 0.123 e. The summed E-state index contributed by atoms with van der Waals surface area (Å²) in [6.45, 7) is 3.26. The lowest BCUT2D eigenvalue weighted by Gasteiger charge is -2.33. The predicted molar refractivity (Wildman–Crippen MR) is 66.9 cm³/mol. The third kappa shape index (κ3) is 1.79. The van der Waals surface area contributed by atoms with Gasteiger partial charge in [0.15, 0.2) is 0 Å². The van der Waals surface area contributed by atoms with E-state index in [0.29, 0.717) is 11.7 Å². The number of allylic oxidation sites excluding steroid dienone is 2. The Bertz CT molecular complexity index is 345. The minimum Gasteiger partial charge on any atom is -0.510 e. The fourth-order valence-electron chi connectivity index (χ4n) is 2.66. The molecule has 0 aromatic rings. The zero-order chi connectivity index (χ0) is 11.0. The van der Waals surface area contributed by atoms with E-state index in [1.54, 1.807) is 11.8 Å². The molecule has 16 heavy (non-hydrogen) atoms. The molecule has 0 amide bonds. The van der Waals surface area contributed by atoms with Crippen LogP contribution >= 0.6 is 11.8 Å². The Labute approximate surface area is 101 Å². The summed E-state index contributed by atoms with van der Waals surface area (Å²) in [6.07, 6.45) is 6.65. The lowest BCUT2D eigenvalue weighted by Crippen LogP contribution is -2.27. The fraction of sp³-hybridized carbons (Fsp3) is 0.667. The lowest BCUT2D eigenvalue weighted by molar-refractivity contribution is 0.322. The molecule has 0 saturated carbocycles. The maximum absolute atomic E-state index is 10.1. The van der Waals surface area contributed by atoms with Gasteiger partial charge in [-0.15, -0.1) is 0 Å². The predicted octanol–water partition coefficient (Wildman–Crippen LogP) is 2.40. The first-order valence-electron chi connectivity index (χ1n) is 6.13.